The van der Waals surface area contributed by atoms with Gasteiger partial charge in [0.25, 0.3) is 0 Å². The summed E-state index contributed by atoms with van der Waals surface area (Å²) < 4.78 is 5.96. The van der Waals surface area contributed by atoms with Gasteiger partial charge in [-0.1, -0.05) is 22.9 Å². The summed E-state index contributed by atoms with van der Waals surface area (Å²) in [5, 5.41) is 0. The molecule has 0 spiro atoms. The molecule has 1 fully saturated rings. The highest BCUT2D eigenvalue weighted by atomic mass is 79.9. The van der Waals surface area contributed by atoms with Crippen molar-refractivity contribution in [2.75, 3.05) is 24.6 Å². The number of halogens is 1. The number of hydrogen-bond donors (Lipinski definition) is 0. The third-order valence-corrected chi connectivity index (χ3v) is 4.17. The second-order valence-electron chi connectivity index (χ2n) is 5.48. The van der Waals surface area contributed by atoms with E-state index in [4.69, 9.17) is 4.74 Å². The normalized spacial score (nSPS) is 19.0. The Morgan fingerprint density at radius 2 is 2.33 bits per heavy atom. The number of esters is 1. The number of piperidine rings is 1. The molecule has 2 rings (SSSR count). The lowest BCUT2D eigenvalue weighted by molar-refractivity contribution is -0.137. The smallest absolute Gasteiger partial charge is 0.330 e. The summed E-state index contributed by atoms with van der Waals surface area (Å²) in [6, 6.07) is 6.22. The third-order valence-electron chi connectivity index (χ3n) is 3.67. The average molecular weight is 352 g/mol. The van der Waals surface area contributed by atoms with Crippen LogP contribution in [0.15, 0.2) is 28.7 Å². The fourth-order valence-electron chi connectivity index (χ4n) is 2.70. The van der Waals surface area contributed by atoms with Crippen LogP contribution in [0.3, 0.4) is 0 Å². The van der Waals surface area contributed by atoms with Gasteiger partial charge in [0.2, 0.25) is 0 Å². The van der Waals surface area contributed by atoms with Gasteiger partial charge in [0.1, 0.15) is 0 Å². The minimum absolute atomic E-state index is 0.296. The Labute approximate surface area is 135 Å². The van der Waals surface area contributed by atoms with Gasteiger partial charge in [-0.15, -0.1) is 0 Å². The zero-order valence-electron chi connectivity index (χ0n) is 12.6. The largest absolute Gasteiger partial charge is 0.463 e. The number of benzene rings is 1. The molecule has 0 bridgehead atoms. The van der Waals surface area contributed by atoms with Gasteiger partial charge in [-0.05, 0) is 55.5 Å². The van der Waals surface area contributed by atoms with E-state index in [1.807, 2.05) is 19.1 Å². The molecular formula is C17H22BrNO2. The van der Waals surface area contributed by atoms with Crippen molar-refractivity contribution in [2.45, 2.75) is 26.7 Å². The summed E-state index contributed by atoms with van der Waals surface area (Å²) in [4.78, 5) is 13.9. The van der Waals surface area contributed by atoms with Crippen molar-refractivity contribution in [1.82, 2.24) is 0 Å². The first-order valence-electron chi connectivity index (χ1n) is 7.49. The molecule has 1 aromatic rings. The second kappa shape index (κ2) is 7.64. The molecule has 1 unspecified atom stereocenters. The van der Waals surface area contributed by atoms with E-state index in [0.717, 1.165) is 23.1 Å². The maximum atomic E-state index is 11.5. The molecule has 1 aliphatic rings. The number of carbonyl (C=O) groups excluding carboxylic acids is 1. The van der Waals surface area contributed by atoms with Gasteiger partial charge in [-0.2, -0.15) is 0 Å². The first-order chi connectivity index (χ1) is 10.1. The van der Waals surface area contributed by atoms with Gasteiger partial charge in [-0.3, -0.25) is 0 Å². The van der Waals surface area contributed by atoms with E-state index in [0.29, 0.717) is 12.5 Å². The van der Waals surface area contributed by atoms with Gasteiger partial charge in [0.05, 0.1) is 6.61 Å². The lowest BCUT2D eigenvalue weighted by atomic mass is 9.99. The van der Waals surface area contributed by atoms with E-state index >= 15 is 0 Å². The van der Waals surface area contributed by atoms with Gasteiger partial charge >= 0.3 is 5.97 Å². The first kappa shape index (κ1) is 16.1. The minimum Gasteiger partial charge on any atom is -0.463 e. The van der Waals surface area contributed by atoms with Crippen molar-refractivity contribution in [3.63, 3.8) is 0 Å². The molecule has 4 heteroatoms. The Hall–Kier alpha value is -1.29. The standard InChI is InChI=1S/C17H22BrNO2/c1-3-21-17(20)9-6-14-11-15(18)7-8-16(14)19-10-4-5-13(2)12-19/h6-9,11,13H,3-5,10,12H2,1-2H3/b9-6+. The molecule has 0 aromatic heterocycles. The highest BCUT2D eigenvalue weighted by Gasteiger charge is 2.18. The lowest BCUT2D eigenvalue weighted by Gasteiger charge is -2.33. The van der Waals surface area contributed by atoms with Crippen LogP contribution < -0.4 is 4.90 Å². The van der Waals surface area contributed by atoms with Gasteiger partial charge in [-0.25, -0.2) is 4.79 Å². The zero-order valence-corrected chi connectivity index (χ0v) is 14.2. The Morgan fingerprint density at radius 1 is 1.52 bits per heavy atom. The number of nitrogens with zero attached hydrogens (tertiary/aromatic N) is 1. The Balaban J connectivity index is 2.22. The zero-order chi connectivity index (χ0) is 15.2. The Kier molecular flexibility index (Phi) is 5.85. The average Bonchev–Trinajstić information content (AvgIpc) is 2.45. The highest BCUT2D eigenvalue weighted by molar-refractivity contribution is 9.10. The molecule has 1 atom stereocenters. The maximum Gasteiger partial charge on any atom is 0.330 e. The Bertz CT molecular complexity index is 528. The molecular weight excluding hydrogens is 330 g/mol. The Morgan fingerprint density at radius 3 is 3.05 bits per heavy atom. The predicted octanol–water partition coefficient (Wildman–Crippen LogP) is 4.26. The van der Waals surface area contributed by atoms with Crippen molar-refractivity contribution < 1.29 is 9.53 Å². The molecule has 0 saturated carbocycles. The summed E-state index contributed by atoms with van der Waals surface area (Å²) in [7, 11) is 0. The molecule has 3 nitrogen and oxygen atoms in total. The summed E-state index contributed by atoms with van der Waals surface area (Å²) in [6.45, 7) is 6.65. The quantitative estimate of drug-likeness (QED) is 0.599. The fourth-order valence-corrected chi connectivity index (χ4v) is 3.08. The van der Waals surface area contributed by atoms with Gasteiger partial charge in [0, 0.05) is 29.3 Å². The fraction of sp³-hybridized carbons (Fsp3) is 0.471. The van der Waals surface area contributed by atoms with Crippen LogP contribution in [0, 0.1) is 5.92 Å². The maximum absolute atomic E-state index is 11.5. The molecule has 114 valence electrons. The monoisotopic (exact) mass is 351 g/mol. The van der Waals surface area contributed by atoms with E-state index < -0.39 is 0 Å². The van der Waals surface area contributed by atoms with E-state index in [-0.39, 0.29) is 5.97 Å². The predicted molar refractivity (Wildman–Crippen MR) is 90.4 cm³/mol. The van der Waals surface area contributed by atoms with Crippen LogP contribution in [0.2, 0.25) is 0 Å². The van der Waals surface area contributed by atoms with Crippen LogP contribution in [-0.4, -0.2) is 25.7 Å². The summed E-state index contributed by atoms with van der Waals surface area (Å²) >= 11 is 3.50. The summed E-state index contributed by atoms with van der Waals surface area (Å²) in [6.07, 6.45) is 5.86. The van der Waals surface area contributed by atoms with Crippen LogP contribution >= 0.6 is 15.9 Å². The van der Waals surface area contributed by atoms with Crippen molar-refractivity contribution in [1.29, 1.82) is 0 Å². The molecule has 1 heterocycles. The molecule has 0 N–H and O–H groups in total. The molecule has 1 aliphatic heterocycles. The number of ether oxygens (including phenoxy) is 1. The molecule has 0 radical (unpaired) electrons. The number of carbonyl (C=O) groups is 1. The number of anilines is 1. The van der Waals surface area contributed by atoms with Crippen molar-refractivity contribution in [3.8, 4) is 0 Å². The van der Waals surface area contributed by atoms with E-state index in [2.05, 4.69) is 39.9 Å². The van der Waals surface area contributed by atoms with Crippen molar-refractivity contribution in [2.24, 2.45) is 5.92 Å². The molecule has 21 heavy (non-hydrogen) atoms. The highest BCUT2D eigenvalue weighted by Crippen LogP contribution is 2.29. The molecule has 0 aliphatic carbocycles. The lowest BCUT2D eigenvalue weighted by Crippen LogP contribution is -2.34. The van der Waals surface area contributed by atoms with Crippen LogP contribution in [-0.2, 0) is 9.53 Å². The topological polar surface area (TPSA) is 29.5 Å². The number of rotatable bonds is 4. The number of hydrogen-bond acceptors (Lipinski definition) is 3. The second-order valence-corrected chi connectivity index (χ2v) is 6.40. The van der Waals surface area contributed by atoms with E-state index in [9.17, 15) is 4.79 Å². The first-order valence-corrected chi connectivity index (χ1v) is 8.28. The van der Waals surface area contributed by atoms with Gasteiger partial charge in [0.15, 0.2) is 0 Å². The van der Waals surface area contributed by atoms with Gasteiger partial charge < -0.3 is 9.64 Å². The van der Waals surface area contributed by atoms with Crippen LogP contribution in [0.5, 0.6) is 0 Å². The molecule has 0 amide bonds. The summed E-state index contributed by atoms with van der Waals surface area (Å²) in [5.41, 5.74) is 2.23. The third kappa shape index (κ3) is 4.60. The van der Waals surface area contributed by atoms with E-state index in [1.54, 1.807) is 0 Å². The SMILES string of the molecule is CCOC(=O)/C=C/c1cc(Br)ccc1N1CCCC(C)C1. The minimum atomic E-state index is -0.296. The van der Waals surface area contributed by atoms with E-state index in [1.165, 1.54) is 24.6 Å². The van der Waals surface area contributed by atoms with Crippen LogP contribution in [0.25, 0.3) is 6.08 Å². The van der Waals surface area contributed by atoms with Crippen LogP contribution in [0.1, 0.15) is 32.3 Å². The van der Waals surface area contributed by atoms with Crippen molar-refractivity contribution in [3.05, 3.63) is 34.3 Å². The molecule has 1 aromatic carbocycles. The summed E-state index contributed by atoms with van der Waals surface area (Å²) in [5.74, 6) is 0.416. The van der Waals surface area contributed by atoms with Crippen LogP contribution in [0.4, 0.5) is 5.69 Å². The van der Waals surface area contributed by atoms with Crippen molar-refractivity contribution >= 4 is 33.7 Å². The molecule has 1 saturated heterocycles.